The van der Waals surface area contributed by atoms with Gasteiger partial charge in [-0.05, 0) is 94.2 Å². The number of carbonyl (C=O) groups excluding carboxylic acids is 3. The Morgan fingerprint density at radius 1 is 1.09 bits per heavy atom. The van der Waals surface area contributed by atoms with Crippen LogP contribution in [0.15, 0.2) is 35.5 Å². The van der Waals surface area contributed by atoms with Gasteiger partial charge in [0.1, 0.15) is 11.8 Å². The third-order valence-electron chi connectivity index (χ3n) is 5.99. The summed E-state index contributed by atoms with van der Waals surface area (Å²) in [7, 11) is 0. The number of rotatable bonds is 10. The molecule has 2 aliphatic rings. The first-order valence-electron chi connectivity index (χ1n) is 11.7. The summed E-state index contributed by atoms with van der Waals surface area (Å²) in [6.45, 7) is 7.08. The van der Waals surface area contributed by atoms with E-state index in [0.717, 1.165) is 31.2 Å². The van der Waals surface area contributed by atoms with E-state index < -0.39 is 11.9 Å². The van der Waals surface area contributed by atoms with Gasteiger partial charge in [0.15, 0.2) is 0 Å². The molecule has 0 heterocycles. The van der Waals surface area contributed by atoms with E-state index in [0.29, 0.717) is 23.2 Å². The Hall–Kier alpha value is -3.16. The number of anilines is 2. The van der Waals surface area contributed by atoms with Gasteiger partial charge in [0.25, 0.3) is 5.91 Å². The zero-order valence-electron chi connectivity index (χ0n) is 19.9. The second kappa shape index (κ2) is 10.6. The van der Waals surface area contributed by atoms with Gasteiger partial charge < -0.3 is 21.7 Å². The maximum atomic E-state index is 13.5. The Kier molecular flexibility index (Phi) is 7.89. The quantitative estimate of drug-likeness (QED) is 0.406. The fourth-order valence-corrected chi connectivity index (χ4v) is 4.23. The van der Waals surface area contributed by atoms with E-state index in [1.54, 1.807) is 12.1 Å². The first-order valence-corrected chi connectivity index (χ1v) is 11.7. The normalized spacial score (nSPS) is 17.3. The third-order valence-corrected chi connectivity index (χ3v) is 5.99. The molecule has 178 valence electrons. The minimum atomic E-state index is -0.674. The number of nitrogens with zero attached hydrogens (tertiary/aromatic N) is 1. The lowest BCUT2D eigenvalue weighted by Crippen LogP contribution is -2.51. The lowest BCUT2D eigenvalue weighted by molar-refractivity contribution is -0.124. The van der Waals surface area contributed by atoms with Gasteiger partial charge in [-0.2, -0.15) is 0 Å². The van der Waals surface area contributed by atoms with Crippen LogP contribution in [0.5, 0.6) is 0 Å². The van der Waals surface area contributed by atoms with Crippen molar-refractivity contribution < 1.29 is 14.4 Å². The summed E-state index contributed by atoms with van der Waals surface area (Å²) in [5.74, 6) is 0.134. The molecular formula is C25H35N5O3. The Morgan fingerprint density at radius 2 is 1.73 bits per heavy atom. The minimum Gasteiger partial charge on any atom is -0.405 e. The number of aliphatic imine (C=N–C) groups is 1. The summed E-state index contributed by atoms with van der Waals surface area (Å²) in [4.78, 5) is 42.4. The number of nitrogens with one attached hydrogen (secondary N) is 3. The molecule has 5 N–H and O–H groups in total. The van der Waals surface area contributed by atoms with Crippen LogP contribution in [0.25, 0.3) is 0 Å². The van der Waals surface area contributed by atoms with Crippen molar-refractivity contribution in [2.75, 3.05) is 10.6 Å². The van der Waals surface area contributed by atoms with Crippen LogP contribution in [0.3, 0.4) is 0 Å². The average Bonchev–Trinajstić information content (AvgIpc) is 3.64. The van der Waals surface area contributed by atoms with E-state index in [-0.39, 0.29) is 29.5 Å². The van der Waals surface area contributed by atoms with Crippen molar-refractivity contribution in [1.29, 1.82) is 0 Å². The molecule has 0 radical (unpaired) electrons. The van der Waals surface area contributed by atoms with Crippen LogP contribution >= 0.6 is 0 Å². The molecule has 0 bridgehead atoms. The Balaban J connectivity index is 1.84. The van der Waals surface area contributed by atoms with Gasteiger partial charge in [-0.3, -0.25) is 19.4 Å². The van der Waals surface area contributed by atoms with Gasteiger partial charge in [0, 0.05) is 24.3 Å². The highest BCUT2D eigenvalue weighted by atomic mass is 16.2. The van der Waals surface area contributed by atoms with Gasteiger partial charge in [0.2, 0.25) is 11.8 Å². The number of benzene rings is 1. The second-order valence-electron chi connectivity index (χ2n) is 9.37. The molecule has 0 aliphatic heterocycles. The van der Waals surface area contributed by atoms with Crippen LogP contribution in [0.2, 0.25) is 0 Å². The molecule has 2 aliphatic carbocycles. The lowest BCUT2D eigenvalue weighted by Gasteiger charge is -2.27. The van der Waals surface area contributed by atoms with Crippen LogP contribution in [-0.2, 0) is 14.4 Å². The highest BCUT2D eigenvalue weighted by Gasteiger charge is 2.48. The molecule has 8 nitrogen and oxygen atoms in total. The molecule has 2 saturated carbocycles. The van der Waals surface area contributed by atoms with Gasteiger partial charge in [-0.15, -0.1) is 0 Å². The van der Waals surface area contributed by atoms with Crippen molar-refractivity contribution in [2.45, 2.75) is 65.5 Å². The predicted octanol–water partition coefficient (Wildman–Crippen LogP) is 3.13. The minimum absolute atomic E-state index is 0.0864. The smallest absolute Gasteiger partial charge is 0.270 e. The first kappa shape index (κ1) is 24.5. The summed E-state index contributed by atoms with van der Waals surface area (Å²) >= 11 is 0. The fraction of sp³-hybridized carbons (Fsp3) is 0.520. The number of hydrogen-bond donors (Lipinski definition) is 4. The van der Waals surface area contributed by atoms with Crippen molar-refractivity contribution in [3.05, 3.63) is 36.0 Å². The van der Waals surface area contributed by atoms with Crippen molar-refractivity contribution in [3.8, 4) is 0 Å². The number of aryl methyl sites for hydroxylation is 1. The SMILES string of the molecule is CC(=O)Nc1cc(NC(=O)C(NC(=O)C(/C=C\N)=NC(C)C)C(C2CC2)C2CC2)ccc1C. The van der Waals surface area contributed by atoms with E-state index in [9.17, 15) is 14.4 Å². The van der Waals surface area contributed by atoms with E-state index in [2.05, 4.69) is 20.9 Å². The highest BCUT2D eigenvalue weighted by molar-refractivity contribution is 6.43. The number of amides is 3. The molecule has 8 heteroatoms. The second-order valence-corrected chi connectivity index (χ2v) is 9.37. The molecule has 1 aromatic carbocycles. The molecule has 2 fully saturated rings. The van der Waals surface area contributed by atoms with Crippen LogP contribution in [0, 0.1) is 24.7 Å². The molecule has 3 amide bonds. The predicted molar refractivity (Wildman–Crippen MR) is 131 cm³/mol. The molecule has 33 heavy (non-hydrogen) atoms. The number of hydrogen-bond acceptors (Lipinski definition) is 5. The van der Waals surface area contributed by atoms with Gasteiger partial charge in [0.05, 0.1) is 0 Å². The molecule has 3 rings (SSSR count). The summed E-state index contributed by atoms with van der Waals surface area (Å²) in [5.41, 5.74) is 7.83. The molecule has 0 aromatic heterocycles. The summed E-state index contributed by atoms with van der Waals surface area (Å²) in [6, 6.07) is 4.61. The van der Waals surface area contributed by atoms with Crippen LogP contribution in [-0.4, -0.2) is 35.5 Å². The number of nitrogens with two attached hydrogens (primary N) is 1. The molecule has 0 spiro atoms. The van der Waals surface area contributed by atoms with Crippen LogP contribution < -0.4 is 21.7 Å². The third kappa shape index (κ3) is 6.91. The zero-order valence-corrected chi connectivity index (χ0v) is 19.9. The highest BCUT2D eigenvalue weighted by Crippen LogP contribution is 2.50. The van der Waals surface area contributed by atoms with Crippen molar-refractivity contribution >= 4 is 34.8 Å². The fourth-order valence-electron chi connectivity index (χ4n) is 4.23. The maximum Gasteiger partial charge on any atom is 0.270 e. The molecule has 1 aromatic rings. The molecule has 1 unspecified atom stereocenters. The monoisotopic (exact) mass is 453 g/mol. The Morgan fingerprint density at radius 3 is 2.24 bits per heavy atom. The van der Waals surface area contributed by atoms with Crippen molar-refractivity contribution in [2.24, 2.45) is 28.5 Å². The summed E-state index contributed by atoms with van der Waals surface area (Å²) < 4.78 is 0. The maximum absolute atomic E-state index is 13.5. The molecular weight excluding hydrogens is 418 g/mol. The summed E-state index contributed by atoms with van der Waals surface area (Å²) in [5, 5.41) is 8.71. The van der Waals surface area contributed by atoms with E-state index in [4.69, 9.17) is 5.73 Å². The molecule has 1 atom stereocenters. The molecule has 0 saturated heterocycles. The Labute approximate surface area is 195 Å². The standard InChI is InChI=1S/C25H35N5O3/c1-14(2)27-20(11-12-26)24(32)30-23(22(17-6-7-17)18-8-9-18)25(33)29-19-10-5-15(3)21(13-19)28-16(4)31/h5,10-14,17-18,22-23H,6-9,26H2,1-4H3,(H,28,31)(H,29,33)(H,30,32)/b12-11-,27-20?. The van der Waals surface area contributed by atoms with E-state index in [1.807, 2.05) is 26.8 Å². The lowest BCUT2D eigenvalue weighted by atomic mass is 9.88. The van der Waals surface area contributed by atoms with Gasteiger partial charge in [-0.25, -0.2) is 0 Å². The summed E-state index contributed by atoms with van der Waals surface area (Å²) in [6.07, 6.45) is 7.06. The van der Waals surface area contributed by atoms with Crippen LogP contribution in [0.1, 0.15) is 52.0 Å². The largest absolute Gasteiger partial charge is 0.405 e. The van der Waals surface area contributed by atoms with Gasteiger partial charge >= 0.3 is 0 Å². The Bertz CT molecular complexity index is 949. The topological polar surface area (TPSA) is 126 Å². The average molecular weight is 454 g/mol. The van der Waals surface area contributed by atoms with Gasteiger partial charge in [-0.1, -0.05) is 6.07 Å². The van der Waals surface area contributed by atoms with Crippen molar-refractivity contribution in [3.63, 3.8) is 0 Å². The van der Waals surface area contributed by atoms with E-state index in [1.165, 1.54) is 19.2 Å². The first-order chi connectivity index (χ1) is 15.7. The van der Waals surface area contributed by atoms with Crippen molar-refractivity contribution in [1.82, 2.24) is 5.32 Å². The van der Waals surface area contributed by atoms with Crippen LogP contribution in [0.4, 0.5) is 11.4 Å². The van der Waals surface area contributed by atoms with E-state index >= 15 is 0 Å². The zero-order chi connectivity index (χ0) is 24.1. The number of carbonyl (C=O) groups is 3.